The van der Waals surface area contributed by atoms with E-state index in [1.807, 2.05) is 25.1 Å². The lowest BCUT2D eigenvalue weighted by Gasteiger charge is -2.31. The number of hydrogen-bond acceptors (Lipinski definition) is 7. The maximum Gasteiger partial charge on any atom is 0.338 e. The van der Waals surface area contributed by atoms with Gasteiger partial charge in [-0.15, -0.1) is 0 Å². The molecule has 2 aromatic carbocycles. The second kappa shape index (κ2) is 9.49. The summed E-state index contributed by atoms with van der Waals surface area (Å²) in [6.07, 6.45) is 1.86. The minimum absolute atomic E-state index is 0.135. The van der Waals surface area contributed by atoms with Crippen molar-refractivity contribution in [2.45, 2.75) is 31.5 Å². The predicted molar refractivity (Wildman–Crippen MR) is 132 cm³/mol. The van der Waals surface area contributed by atoms with Crippen LogP contribution < -0.4 is 5.32 Å². The molecule has 0 spiro atoms. The highest BCUT2D eigenvalue weighted by Crippen LogP contribution is 2.36. The van der Waals surface area contributed by atoms with Gasteiger partial charge in [-0.1, -0.05) is 36.4 Å². The number of nitrogens with one attached hydrogen (secondary N) is 1. The lowest BCUT2D eigenvalue weighted by molar-refractivity contribution is 0.0535. The number of carbonyl (C=O) groups excluding carboxylic acids is 1. The van der Waals surface area contributed by atoms with Crippen LogP contribution in [0.15, 0.2) is 60.8 Å². The fraction of sp³-hybridized carbons (Fsp3) is 0.321. The third-order valence-electron chi connectivity index (χ3n) is 7.32. The summed E-state index contributed by atoms with van der Waals surface area (Å²) in [5.74, 6) is 0.448. The molecule has 0 amide bonds. The van der Waals surface area contributed by atoms with E-state index in [1.54, 1.807) is 18.3 Å². The Balaban J connectivity index is 1.32. The normalized spacial score (nSPS) is 20.2. The predicted octanol–water partition coefficient (Wildman–Crippen LogP) is 3.72. The summed E-state index contributed by atoms with van der Waals surface area (Å²) >= 11 is 0. The first-order valence-corrected chi connectivity index (χ1v) is 11.8. The molecule has 2 atom stereocenters. The van der Waals surface area contributed by atoms with Crippen LogP contribution in [0.3, 0.4) is 0 Å². The Morgan fingerprint density at radius 2 is 2.06 bits per heavy atom. The average Bonchev–Trinajstić information content (AvgIpc) is 3.48. The molecule has 2 aliphatic rings. The number of benzene rings is 2. The molecule has 3 heterocycles. The molecule has 0 radical (unpaired) electrons. The molecule has 1 saturated heterocycles. The van der Waals surface area contributed by atoms with Crippen LogP contribution in [0, 0.1) is 18.3 Å². The Bertz CT molecular complexity index is 1270. The van der Waals surface area contributed by atoms with Crippen molar-refractivity contribution in [1.29, 1.82) is 5.26 Å². The second-order valence-corrected chi connectivity index (χ2v) is 9.43. The number of carbonyl (C=O) groups is 1. The molecule has 2 N–H and O–H groups in total. The first-order valence-electron chi connectivity index (χ1n) is 11.8. The number of esters is 1. The molecular weight excluding hydrogens is 440 g/mol. The molecule has 1 unspecified atom stereocenters. The number of aromatic nitrogens is 1. The summed E-state index contributed by atoms with van der Waals surface area (Å²) in [5.41, 5.74) is 4.91. The summed E-state index contributed by atoms with van der Waals surface area (Å²) in [4.78, 5) is 18.5. The Kier molecular flexibility index (Phi) is 6.25. The molecule has 5 rings (SSSR count). The zero-order chi connectivity index (χ0) is 24.4. The molecule has 1 aromatic heterocycles. The number of β-amino-alcohol motifs (C(OH)–C–C–N with tert-alkyl or cyclic N) is 1. The Morgan fingerprint density at radius 1 is 1.23 bits per heavy atom. The van der Waals surface area contributed by atoms with Crippen molar-refractivity contribution in [3.63, 3.8) is 0 Å². The number of aliphatic hydroxyl groups is 1. The Labute approximate surface area is 205 Å². The molecule has 2 aliphatic heterocycles. The molecular formula is C28H28N4O3. The van der Waals surface area contributed by atoms with Gasteiger partial charge in [-0.3, -0.25) is 4.90 Å². The fourth-order valence-corrected chi connectivity index (χ4v) is 5.28. The summed E-state index contributed by atoms with van der Waals surface area (Å²) in [6, 6.07) is 19.8. The minimum atomic E-state index is -0.657. The van der Waals surface area contributed by atoms with Crippen LogP contribution in [0.4, 0.5) is 5.82 Å². The van der Waals surface area contributed by atoms with E-state index in [-0.39, 0.29) is 18.0 Å². The van der Waals surface area contributed by atoms with Crippen molar-refractivity contribution in [2.75, 3.05) is 31.5 Å². The number of anilines is 1. The Morgan fingerprint density at radius 3 is 2.80 bits per heavy atom. The maximum absolute atomic E-state index is 11.9. The molecule has 0 bridgehead atoms. The number of pyridine rings is 1. The van der Waals surface area contributed by atoms with Gasteiger partial charge in [-0.2, -0.15) is 5.26 Å². The van der Waals surface area contributed by atoms with Crippen LogP contribution in [-0.4, -0.2) is 47.1 Å². The standard InChI is InChI=1S/C28H28N4O3/c1-19-22(8-9-23-24(19)16-35-27(23)34)25(33)15-32-12-11-28(18-32,21-5-3-2-4-6-21)17-31-26-10-7-20(13-29)14-30-26/h2-10,14,25,33H,11-12,15-18H2,1H3,(H,30,31)/t25-,28?/m0/s1. The lowest BCUT2D eigenvalue weighted by Crippen LogP contribution is -2.38. The van der Waals surface area contributed by atoms with Crippen molar-refractivity contribution in [3.05, 3.63) is 94.2 Å². The summed E-state index contributed by atoms with van der Waals surface area (Å²) in [7, 11) is 0. The quantitative estimate of drug-likeness (QED) is 0.510. The number of aliphatic hydroxyl groups excluding tert-OH is 1. The average molecular weight is 469 g/mol. The van der Waals surface area contributed by atoms with E-state index < -0.39 is 6.10 Å². The van der Waals surface area contributed by atoms with E-state index in [0.29, 0.717) is 24.2 Å². The van der Waals surface area contributed by atoms with Gasteiger partial charge in [0.05, 0.1) is 17.2 Å². The van der Waals surface area contributed by atoms with Crippen molar-refractivity contribution in [3.8, 4) is 6.07 Å². The summed E-state index contributed by atoms with van der Waals surface area (Å²) in [5, 5.41) is 23.6. The smallest absolute Gasteiger partial charge is 0.338 e. The molecule has 35 heavy (non-hydrogen) atoms. The zero-order valence-corrected chi connectivity index (χ0v) is 19.7. The van der Waals surface area contributed by atoms with Gasteiger partial charge in [0.25, 0.3) is 0 Å². The van der Waals surface area contributed by atoms with Crippen LogP contribution in [0.25, 0.3) is 0 Å². The number of nitrogens with zero attached hydrogens (tertiary/aromatic N) is 3. The largest absolute Gasteiger partial charge is 0.457 e. The van der Waals surface area contributed by atoms with E-state index in [1.165, 1.54) is 5.56 Å². The molecule has 0 saturated carbocycles. The van der Waals surface area contributed by atoms with E-state index in [4.69, 9.17) is 10.00 Å². The highest BCUT2D eigenvalue weighted by atomic mass is 16.5. The summed E-state index contributed by atoms with van der Waals surface area (Å²) < 4.78 is 5.17. The number of hydrogen-bond donors (Lipinski definition) is 2. The Hall–Kier alpha value is -3.73. The first-order chi connectivity index (χ1) is 17.0. The van der Waals surface area contributed by atoms with Gasteiger partial charge in [-0.05, 0) is 54.8 Å². The molecule has 7 heteroatoms. The lowest BCUT2D eigenvalue weighted by atomic mass is 9.79. The maximum atomic E-state index is 11.9. The molecule has 178 valence electrons. The third kappa shape index (κ3) is 4.51. The van der Waals surface area contributed by atoms with Gasteiger partial charge in [0.1, 0.15) is 18.5 Å². The van der Waals surface area contributed by atoms with Gasteiger partial charge in [0.2, 0.25) is 0 Å². The van der Waals surface area contributed by atoms with Gasteiger partial charge in [0, 0.05) is 36.8 Å². The third-order valence-corrected chi connectivity index (χ3v) is 7.32. The van der Waals surface area contributed by atoms with Crippen LogP contribution in [0.1, 0.15) is 50.7 Å². The first kappa shape index (κ1) is 23.0. The number of ether oxygens (including phenoxy) is 1. The van der Waals surface area contributed by atoms with Crippen molar-refractivity contribution in [1.82, 2.24) is 9.88 Å². The van der Waals surface area contributed by atoms with Crippen molar-refractivity contribution < 1.29 is 14.6 Å². The molecule has 7 nitrogen and oxygen atoms in total. The molecule has 3 aromatic rings. The van der Waals surface area contributed by atoms with E-state index >= 15 is 0 Å². The van der Waals surface area contributed by atoms with E-state index in [0.717, 1.165) is 42.0 Å². The van der Waals surface area contributed by atoms with Gasteiger partial charge >= 0.3 is 5.97 Å². The molecule has 1 fully saturated rings. The second-order valence-electron chi connectivity index (χ2n) is 9.43. The van der Waals surface area contributed by atoms with E-state index in [2.05, 4.69) is 45.5 Å². The van der Waals surface area contributed by atoms with Crippen LogP contribution >= 0.6 is 0 Å². The van der Waals surface area contributed by atoms with Gasteiger partial charge in [-0.25, -0.2) is 9.78 Å². The number of likely N-dealkylation sites (tertiary alicyclic amines) is 1. The monoisotopic (exact) mass is 468 g/mol. The number of fused-ring (bicyclic) bond motifs is 1. The van der Waals surface area contributed by atoms with Crippen LogP contribution in [0.2, 0.25) is 0 Å². The SMILES string of the molecule is Cc1c([C@@H](O)CN2CCC(CNc3ccc(C#N)cn3)(c3ccccc3)C2)ccc2c1COC2=O. The highest BCUT2D eigenvalue weighted by molar-refractivity contribution is 5.93. The van der Waals surface area contributed by atoms with Crippen LogP contribution in [0.5, 0.6) is 0 Å². The number of cyclic esters (lactones) is 1. The van der Waals surface area contributed by atoms with Gasteiger partial charge in [0.15, 0.2) is 0 Å². The minimum Gasteiger partial charge on any atom is -0.457 e. The van der Waals surface area contributed by atoms with E-state index in [9.17, 15) is 9.90 Å². The van der Waals surface area contributed by atoms with Crippen molar-refractivity contribution in [2.24, 2.45) is 0 Å². The van der Waals surface area contributed by atoms with Crippen LogP contribution in [-0.2, 0) is 16.8 Å². The fourth-order valence-electron chi connectivity index (χ4n) is 5.28. The topological polar surface area (TPSA) is 98.5 Å². The molecule has 0 aliphatic carbocycles. The summed E-state index contributed by atoms with van der Waals surface area (Å²) in [6.45, 7) is 5.09. The highest BCUT2D eigenvalue weighted by Gasteiger charge is 2.40. The number of nitriles is 1. The van der Waals surface area contributed by atoms with Gasteiger partial charge < -0.3 is 15.2 Å². The zero-order valence-electron chi connectivity index (χ0n) is 19.7. The number of rotatable bonds is 7. The van der Waals surface area contributed by atoms with Crippen molar-refractivity contribution >= 4 is 11.8 Å².